The predicted molar refractivity (Wildman–Crippen MR) is 110 cm³/mol. The number of ether oxygens (including phenoxy) is 1. The van der Waals surface area contributed by atoms with Gasteiger partial charge in [0.2, 0.25) is 11.9 Å². The summed E-state index contributed by atoms with van der Waals surface area (Å²) in [5.41, 5.74) is 3.56. The molecule has 0 unspecified atom stereocenters. The molecular weight excluding hydrogens is 378 g/mol. The zero-order valence-corrected chi connectivity index (χ0v) is 15.9. The summed E-state index contributed by atoms with van der Waals surface area (Å²) in [7, 11) is 1.61. The maximum atomic E-state index is 11.5. The number of carbonyl (C=O) groups is 1. The Hall–Kier alpha value is -3.32. The molecule has 1 aliphatic heterocycles. The van der Waals surface area contributed by atoms with Crippen LogP contribution in [0.4, 0.5) is 28.8 Å². The van der Waals surface area contributed by atoms with E-state index >= 15 is 0 Å². The van der Waals surface area contributed by atoms with Gasteiger partial charge in [-0.15, -0.1) is 0 Å². The standard InChI is InChI=1S/C20H18ClN5O2/c1-28-15-4-2-3-13(10-15)23-19-16(21)11-22-20(26-19)24-14-6-7-17-12(9-14)5-8-18(27)25-17/h2-4,6-7,9-11H,5,8H2,1H3,(H,25,27)(H2,22,23,24,26). The average molecular weight is 396 g/mol. The summed E-state index contributed by atoms with van der Waals surface area (Å²) in [6.07, 6.45) is 2.74. The Labute approximate surface area is 167 Å². The van der Waals surface area contributed by atoms with Crippen LogP contribution >= 0.6 is 11.6 Å². The van der Waals surface area contributed by atoms with Crippen LogP contribution in [0.5, 0.6) is 5.75 Å². The average Bonchev–Trinajstić information content (AvgIpc) is 2.71. The fourth-order valence-electron chi connectivity index (χ4n) is 2.94. The van der Waals surface area contributed by atoms with Crippen LogP contribution in [0.2, 0.25) is 5.02 Å². The number of methoxy groups -OCH3 is 1. The van der Waals surface area contributed by atoms with Crippen LogP contribution < -0.4 is 20.7 Å². The maximum absolute atomic E-state index is 11.5. The summed E-state index contributed by atoms with van der Waals surface area (Å²) in [6, 6.07) is 13.2. The summed E-state index contributed by atoms with van der Waals surface area (Å²) >= 11 is 6.24. The highest BCUT2D eigenvalue weighted by atomic mass is 35.5. The monoisotopic (exact) mass is 395 g/mol. The third kappa shape index (κ3) is 3.99. The highest BCUT2D eigenvalue weighted by Gasteiger charge is 2.15. The minimum Gasteiger partial charge on any atom is -0.497 e. The first-order valence-corrected chi connectivity index (χ1v) is 9.12. The molecule has 1 aliphatic rings. The second-order valence-electron chi connectivity index (χ2n) is 6.29. The van der Waals surface area contributed by atoms with Gasteiger partial charge in [-0.3, -0.25) is 4.79 Å². The molecule has 0 atom stereocenters. The second kappa shape index (κ2) is 7.74. The van der Waals surface area contributed by atoms with E-state index in [0.717, 1.165) is 28.4 Å². The fourth-order valence-corrected chi connectivity index (χ4v) is 3.08. The number of halogens is 1. The number of benzene rings is 2. The quantitative estimate of drug-likeness (QED) is 0.589. The number of carbonyl (C=O) groups excluding carboxylic acids is 1. The van der Waals surface area contributed by atoms with Crippen molar-refractivity contribution in [3.8, 4) is 5.75 Å². The lowest BCUT2D eigenvalue weighted by molar-refractivity contribution is -0.116. The molecule has 2 aromatic carbocycles. The van der Waals surface area contributed by atoms with E-state index in [1.165, 1.54) is 6.20 Å². The van der Waals surface area contributed by atoms with Crippen LogP contribution in [0.1, 0.15) is 12.0 Å². The number of rotatable bonds is 5. The van der Waals surface area contributed by atoms with Crippen molar-refractivity contribution in [2.75, 3.05) is 23.1 Å². The van der Waals surface area contributed by atoms with Crippen molar-refractivity contribution in [1.29, 1.82) is 0 Å². The number of amides is 1. The van der Waals surface area contributed by atoms with E-state index in [1.54, 1.807) is 7.11 Å². The fraction of sp³-hybridized carbons (Fsp3) is 0.150. The van der Waals surface area contributed by atoms with Crippen molar-refractivity contribution in [3.05, 3.63) is 59.2 Å². The Morgan fingerprint density at radius 3 is 2.82 bits per heavy atom. The lowest BCUT2D eigenvalue weighted by Crippen LogP contribution is -2.18. The van der Waals surface area contributed by atoms with Crippen molar-refractivity contribution < 1.29 is 9.53 Å². The number of aromatic nitrogens is 2. The van der Waals surface area contributed by atoms with Gasteiger partial charge >= 0.3 is 0 Å². The Balaban J connectivity index is 1.54. The van der Waals surface area contributed by atoms with Crippen molar-refractivity contribution in [3.63, 3.8) is 0 Å². The predicted octanol–water partition coefficient (Wildman–Crippen LogP) is 4.51. The minimum absolute atomic E-state index is 0.0440. The summed E-state index contributed by atoms with van der Waals surface area (Å²) < 4.78 is 5.23. The smallest absolute Gasteiger partial charge is 0.229 e. The van der Waals surface area contributed by atoms with Crippen LogP contribution in [0.3, 0.4) is 0 Å². The van der Waals surface area contributed by atoms with Gasteiger partial charge < -0.3 is 20.7 Å². The van der Waals surface area contributed by atoms with Crippen molar-refractivity contribution in [2.45, 2.75) is 12.8 Å². The van der Waals surface area contributed by atoms with Gasteiger partial charge in [0.05, 0.1) is 13.3 Å². The van der Waals surface area contributed by atoms with Crippen LogP contribution in [-0.2, 0) is 11.2 Å². The summed E-state index contributed by atoms with van der Waals surface area (Å²) in [4.78, 5) is 20.2. The van der Waals surface area contributed by atoms with E-state index in [1.807, 2.05) is 42.5 Å². The van der Waals surface area contributed by atoms with Gasteiger partial charge in [0, 0.05) is 29.5 Å². The van der Waals surface area contributed by atoms with Gasteiger partial charge in [0.1, 0.15) is 10.8 Å². The molecular formula is C20H18ClN5O2. The Bertz CT molecular complexity index is 1040. The number of nitrogens with zero attached hydrogens (tertiary/aromatic N) is 2. The van der Waals surface area contributed by atoms with Gasteiger partial charge in [0.25, 0.3) is 0 Å². The molecule has 7 nitrogen and oxygen atoms in total. The molecule has 1 aromatic heterocycles. The minimum atomic E-state index is 0.0440. The normalized spacial score (nSPS) is 12.7. The lowest BCUT2D eigenvalue weighted by atomic mass is 10.0. The van der Waals surface area contributed by atoms with Gasteiger partial charge in [-0.25, -0.2) is 4.98 Å². The molecule has 2 heterocycles. The molecule has 1 amide bonds. The highest BCUT2D eigenvalue weighted by molar-refractivity contribution is 6.32. The number of aryl methyl sites for hydroxylation is 1. The number of hydrogen-bond donors (Lipinski definition) is 3. The lowest BCUT2D eigenvalue weighted by Gasteiger charge is -2.18. The first kappa shape index (κ1) is 18.1. The van der Waals surface area contributed by atoms with E-state index in [4.69, 9.17) is 16.3 Å². The van der Waals surface area contributed by atoms with Gasteiger partial charge in [0.15, 0.2) is 5.82 Å². The van der Waals surface area contributed by atoms with Crippen LogP contribution in [0, 0.1) is 0 Å². The number of hydrogen-bond acceptors (Lipinski definition) is 6. The van der Waals surface area contributed by atoms with Crippen molar-refractivity contribution in [1.82, 2.24) is 9.97 Å². The van der Waals surface area contributed by atoms with E-state index in [9.17, 15) is 4.79 Å². The largest absolute Gasteiger partial charge is 0.497 e. The molecule has 28 heavy (non-hydrogen) atoms. The zero-order valence-electron chi connectivity index (χ0n) is 15.1. The van der Waals surface area contributed by atoms with Gasteiger partial charge in [-0.2, -0.15) is 4.98 Å². The van der Waals surface area contributed by atoms with E-state index < -0.39 is 0 Å². The van der Waals surface area contributed by atoms with Crippen molar-refractivity contribution >= 4 is 46.3 Å². The number of fused-ring (bicyclic) bond motifs is 1. The number of nitrogens with one attached hydrogen (secondary N) is 3. The Morgan fingerprint density at radius 1 is 1.11 bits per heavy atom. The molecule has 0 saturated carbocycles. The van der Waals surface area contributed by atoms with Crippen LogP contribution in [0.15, 0.2) is 48.7 Å². The van der Waals surface area contributed by atoms with E-state index in [2.05, 4.69) is 25.9 Å². The topological polar surface area (TPSA) is 88.2 Å². The summed E-state index contributed by atoms with van der Waals surface area (Å²) in [6.45, 7) is 0. The Morgan fingerprint density at radius 2 is 1.96 bits per heavy atom. The summed E-state index contributed by atoms with van der Waals surface area (Å²) in [5, 5.41) is 9.63. The van der Waals surface area contributed by atoms with E-state index in [0.29, 0.717) is 29.6 Å². The molecule has 142 valence electrons. The first-order chi connectivity index (χ1) is 13.6. The SMILES string of the molecule is COc1cccc(Nc2nc(Nc3ccc4c(c3)CCC(=O)N4)ncc2Cl)c1. The molecule has 0 fully saturated rings. The maximum Gasteiger partial charge on any atom is 0.229 e. The molecule has 0 radical (unpaired) electrons. The van der Waals surface area contributed by atoms with Crippen molar-refractivity contribution in [2.24, 2.45) is 0 Å². The number of anilines is 5. The third-order valence-electron chi connectivity index (χ3n) is 4.33. The molecule has 0 bridgehead atoms. The molecule has 3 aromatic rings. The summed E-state index contributed by atoms with van der Waals surface area (Å²) in [5.74, 6) is 1.67. The highest BCUT2D eigenvalue weighted by Crippen LogP contribution is 2.29. The molecule has 0 spiro atoms. The molecule has 4 rings (SSSR count). The Kier molecular flexibility index (Phi) is 4.99. The molecule has 0 aliphatic carbocycles. The molecule has 8 heteroatoms. The van der Waals surface area contributed by atoms with Crippen LogP contribution in [0.25, 0.3) is 0 Å². The van der Waals surface area contributed by atoms with Gasteiger partial charge in [-0.1, -0.05) is 17.7 Å². The molecule has 0 saturated heterocycles. The third-order valence-corrected chi connectivity index (χ3v) is 4.61. The molecule has 3 N–H and O–H groups in total. The first-order valence-electron chi connectivity index (χ1n) is 8.74. The zero-order chi connectivity index (χ0) is 19.5. The second-order valence-corrected chi connectivity index (χ2v) is 6.70. The van der Waals surface area contributed by atoms with Gasteiger partial charge in [-0.05, 0) is 42.3 Å². The van der Waals surface area contributed by atoms with Crippen LogP contribution in [-0.4, -0.2) is 23.0 Å². The van der Waals surface area contributed by atoms with E-state index in [-0.39, 0.29) is 5.91 Å².